The number of halogens is 3. The van der Waals surface area contributed by atoms with Gasteiger partial charge in [0.05, 0.1) is 16.9 Å². The summed E-state index contributed by atoms with van der Waals surface area (Å²) in [6.45, 7) is 0. The van der Waals surface area contributed by atoms with Gasteiger partial charge in [0, 0.05) is 6.21 Å². The number of nitrogens with one attached hydrogen (secondary N) is 1. The second-order valence-electron chi connectivity index (χ2n) is 5.09. The molecule has 1 aliphatic rings. The molecule has 3 rings (SSSR count). The van der Waals surface area contributed by atoms with E-state index in [4.69, 9.17) is 12.2 Å². The van der Waals surface area contributed by atoms with E-state index < -0.39 is 23.2 Å². The zero-order chi connectivity index (χ0) is 18.2. The van der Waals surface area contributed by atoms with Gasteiger partial charge in [-0.2, -0.15) is 13.2 Å². The molecule has 5 nitrogen and oxygen atoms in total. The molecule has 2 heterocycles. The van der Waals surface area contributed by atoms with Crippen LogP contribution in [-0.2, 0) is 6.18 Å². The Morgan fingerprint density at radius 1 is 1.32 bits per heavy atom. The van der Waals surface area contributed by atoms with Crippen LogP contribution < -0.4 is 5.56 Å². The van der Waals surface area contributed by atoms with Gasteiger partial charge in [-0.25, -0.2) is 0 Å². The van der Waals surface area contributed by atoms with Crippen LogP contribution >= 0.6 is 12.2 Å². The minimum absolute atomic E-state index is 0.0290. The van der Waals surface area contributed by atoms with Crippen molar-refractivity contribution < 1.29 is 18.3 Å². The third-order valence-corrected chi connectivity index (χ3v) is 3.71. The molecule has 0 unspecified atom stereocenters. The van der Waals surface area contributed by atoms with Crippen LogP contribution in [0.2, 0.25) is 0 Å². The molecular weight excluding hydrogens is 355 g/mol. The lowest BCUT2D eigenvalue weighted by molar-refractivity contribution is -0.137. The average molecular weight is 365 g/mol. The SMILES string of the molecule is O=c1[nH]c(=S)n(-c2cccc(C(F)(F)F)c2)c(O)c1C=C1C=CC=N1. The summed E-state index contributed by atoms with van der Waals surface area (Å²) in [5.74, 6) is -0.573. The Morgan fingerprint density at radius 2 is 2.08 bits per heavy atom. The van der Waals surface area contributed by atoms with Crippen LogP contribution in [0.25, 0.3) is 11.8 Å². The van der Waals surface area contributed by atoms with Gasteiger partial charge in [-0.15, -0.1) is 0 Å². The lowest BCUT2D eigenvalue weighted by Gasteiger charge is -2.13. The molecule has 0 spiro atoms. The predicted molar refractivity (Wildman–Crippen MR) is 89.5 cm³/mol. The highest BCUT2D eigenvalue weighted by atomic mass is 32.1. The monoisotopic (exact) mass is 365 g/mol. The van der Waals surface area contributed by atoms with Crippen molar-refractivity contribution in [1.29, 1.82) is 0 Å². The molecule has 0 amide bonds. The number of rotatable bonds is 2. The Morgan fingerprint density at radius 3 is 2.72 bits per heavy atom. The smallest absolute Gasteiger partial charge is 0.416 e. The molecule has 1 aliphatic heterocycles. The minimum Gasteiger partial charge on any atom is -0.494 e. The Kier molecular flexibility index (Phi) is 4.17. The minimum atomic E-state index is -4.55. The van der Waals surface area contributed by atoms with Crippen LogP contribution in [0.3, 0.4) is 0 Å². The molecule has 2 aromatic rings. The molecule has 9 heteroatoms. The Bertz CT molecular complexity index is 1030. The van der Waals surface area contributed by atoms with Gasteiger partial charge < -0.3 is 5.11 Å². The van der Waals surface area contributed by atoms with Gasteiger partial charge in [0.15, 0.2) is 4.77 Å². The first-order valence-electron chi connectivity index (χ1n) is 6.96. The molecule has 0 saturated heterocycles. The fourth-order valence-electron chi connectivity index (χ4n) is 2.28. The first kappa shape index (κ1) is 16.9. The van der Waals surface area contributed by atoms with E-state index in [9.17, 15) is 23.1 Å². The van der Waals surface area contributed by atoms with Crippen LogP contribution in [0.1, 0.15) is 11.1 Å². The standard InChI is InChI=1S/C16H10F3N3O2S/c17-16(18,19)9-3-1-5-11(7-9)22-14(24)12(13(23)21-15(22)25)8-10-4-2-6-20-10/h1-8,24H,(H,21,23,25). The zero-order valence-electron chi connectivity index (χ0n) is 12.4. The number of benzene rings is 1. The number of H-pyrrole nitrogens is 1. The Balaban J connectivity index is 2.23. The number of aromatic nitrogens is 2. The predicted octanol–water partition coefficient (Wildman–Crippen LogP) is 3.60. The number of hydrogen-bond donors (Lipinski definition) is 2. The Hall–Kier alpha value is -2.94. The number of nitrogens with zero attached hydrogens (tertiary/aromatic N) is 2. The number of aromatic amines is 1. The molecule has 0 fully saturated rings. The van der Waals surface area contributed by atoms with Crippen molar-refractivity contribution in [2.24, 2.45) is 4.99 Å². The van der Waals surface area contributed by atoms with Crippen LogP contribution in [0.15, 0.2) is 51.9 Å². The van der Waals surface area contributed by atoms with Crippen LogP contribution in [0.5, 0.6) is 5.88 Å². The third kappa shape index (κ3) is 3.31. The van der Waals surface area contributed by atoms with E-state index in [-0.39, 0.29) is 16.0 Å². The number of aliphatic imine (C=N–C) groups is 1. The number of hydrogen-bond acceptors (Lipinski definition) is 4. The molecule has 25 heavy (non-hydrogen) atoms. The van der Waals surface area contributed by atoms with Gasteiger partial charge in [-0.1, -0.05) is 6.07 Å². The number of allylic oxidation sites excluding steroid dienone is 2. The highest BCUT2D eigenvalue weighted by Gasteiger charge is 2.30. The van der Waals surface area contributed by atoms with Crippen molar-refractivity contribution in [2.75, 3.05) is 0 Å². The van der Waals surface area contributed by atoms with E-state index >= 15 is 0 Å². The maximum absolute atomic E-state index is 12.9. The van der Waals surface area contributed by atoms with E-state index in [1.165, 1.54) is 24.4 Å². The van der Waals surface area contributed by atoms with Gasteiger partial charge in [0.2, 0.25) is 5.88 Å². The van der Waals surface area contributed by atoms with Crippen molar-refractivity contribution >= 4 is 24.5 Å². The molecule has 128 valence electrons. The van der Waals surface area contributed by atoms with Crippen molar-refractivity contribution in [3.05, 3.63) is 68.4 Å². The maximum atomic E-state index is 12.9. The summed E-state index contributed by atoms with van der Waals surface area (Å²) in [4.78, 5) is 18.4. The molecule has 0 aliphatic carbocycles. The lowest BCUT2D eigenvalue weighted by atomic mass is 10.2. The molecule has 0 radical (unpaired) electrons. The summed E-state index contributed by atoms with van der Waals surface area (Å²) in [6.07, 6.45) is 1.51. The molecule has 0 saturated carbocycles. The normalized spacial score (nSPS) is 15.2. The second-order valence-corrected chi connectivity index (χ2v) is 5.47. The van der Waals surface area contributed by atoms with E-state index in [0.29, 0.717) is 5.70 Å². The molecular formula is C16H10F3N3O2S. The van der Waals surface area contributed by atoms with Crippen molar-refractivity contribution in [3.63, 3.8) is 0 Å². The third-order valence-electron chi connectivity index (χ3n) is 3.42. The lowest BCUT2D eigenvalue weighted by Crippen LogP contribution is -2.16. The summed E-state index contributed by atoms with van der Waals surface area (Å²) < 4.78 is 39.5. The first-order valence-corrected chi connectivity index (χ1v) is 7.36. The second kappa shape index (κ2) is 6.17. The average Bonchev–Trinajstić information content (AvgIpc) is 3.04. The largest absolute Gasteiger partial charge is 0.494 e. The fourth-order valence-corrected chi connectivity index (χ4v) is 2.56. The summed E-state index contributed by atoms with van der Waals surface area (Å²) >= 11 is 4.99. The summed E-state index contributed by atoms with van der Waals surface area (Å²) in [6, 6.07) is 4.26. The topological polar surface area (TPSA) is 70.4 Å². The fraction of sp³-hybridized carbons (Fsp3) is 0.0625. The van der Waals surface area contributed by atoms with Gasteiger partial charge in [-0.3, -0.25) is 19.3 Å². The Labute approximate surface area is 144 Å². The van der Waals surface area contributed by atoms with Crippen molar-refractivity contribution in [1.82, 2.24) is 9.55 Å². The maximum Gasteiger partial charge on any atom is 0.416 e. The van der Waals surface area contributed by atoms with Crippen molar-refractivity contribution in [3.8, 4) is 11.6 Å². The quantitative estimate of drug-likeness (QED) is 0.799. The van der Waals surface area contributed by atoms with Gasteiger partial charge in [0.1, 0.15) is 5.56 Å². The summed E-state index contributed by atoms with van der Waals surface area (Å²) in [7, 11) is 0. The first-order chi connectivity index (χ1) is 11.8. The highest BCUT2D eigenvalue weighted by Crippen LogP contribution is 2.31. The number of aromatic hydroxyl groups is 1. The molecule has 1 aromatic heterocycles. The van der Waals surface area contributed by atoms with Crippen LogP contribution in [0.4, 0.5) is 13.2 Å². The van der Waals surface area contributed by atoms with Gasteiger partial charge >= 0.3 is 6.18 Å². The van der Waals surface area contributed by atoms with Gasteiger partial charge in [0.25, 0.3) is 5.56 Å². The van der Waals surface area contributed by atoms with Crippen molar-refractivity contribution in [2.45, 2.75) is 6.18 Å². The number of alkyl halides is 3. The summed E-state index contributed by atoms with van der Waals surface area (Å²) in [5.41, 5.74) is -1.36. The molecule has 1 aromatic carbocycles. The zero-order valence-corrected chi connectivity index (χ0v) is 13.2. The van der Waals surface area contributed by atoms with E-state index in [1.54, 1.807) is 12.2 Å². The molecule has 0 bridgehead atoms. The van der Waals surface area contributed by atoms with E-state index in [1.807, 2.05) is 0 Å². The molecule has 0 atom stereocenters. The van der Waals surface area contributed by atoms with Gasteiger partial charge in [-0.05, 0) is 48.6 Å². The highest BCUT2D eigenvalue weighted by molar-refractivity contribution is 7.71. The molecule has 2 N–H and O–H groups in total. The van der Waals surface area contributed by atoms with E-state index in [2.05, 4.69) is 9.98 Å². The van der Waals surface area contributed by atoms with Crippen LogP contribution in [0, 0.1) is 4.77 Å². The van der Waals surface area contributed by atoms with E-state index in [0.717, 1.165) is 16.7 Å². The van der Waals surface area contributed by atoms with Crippen LogP contribution in [-0.4, -0.2) is 20.9 Å². The summed E-state index contributed by atoms with van der Waals surface area (Å²) in [5, 5.41) is 10.4.